The number of halogens is 3. The van der Waals surface area contributed by atoms with Crippen LogP contribution in [-0.4, -0.2) is 70.2 Å². The molecule has 2 aliphatic carbocycles. The van der Waals surface area contributed by atoms with Crippen molar-refractivity contribution in [3.63, 3.8) is 0 Å². The van der Waals surface area contributed by atoms with Gasteiger partial charge in [0.05, 0.1) is 24.3 Å². The van der Waals surface area contributed by atoms with E-state index in [0.717, 1.165) is 45.4 Å². The molecule has 3 aliphatic heterocycles. The van der Waals surface area contributed by atoms with Crippen molar-refractivity contribution >= 4 is 11.9 Å². The number of nitrogens with one attached hydrogen (secondary N) is 2. The Bertz CT molecular complexity index is 1020. The highest BCUT2D eigenvalue weighted by Gasteiger charge is 2.62. The zero-order valence-electron chi connectivity index (χ0n) is 24.6. The fourth-order valence-electron chi connectivity index (χ4n) is 7.81. The number of aromatic nitrogens is 2. The molecule has 1 aromatic heterocycles. The van der Waals surface area contributed by atoms with Gasteiger partial charge >= 0.3 is 6.18 Å². The molecular weight excluding hydrogens is 551 g/mol. The van der Waals surface area contributed by atoms with Crippen LogP contribution in [-0.2, 0) is 4.74 Å². The van der Waals surface area contributed by atoms with Crippen molar-refractivity contribution in [2.45, 2.75) is 126 Å². The van der Waals surface area contributed by atoms with Gasteiger partial charge in [-0.15, -0.1) is 5.10 Å². The van der Waals surface area contributed by atoms with Crippen molar-refractivity contribution in [3.05, 3.63) is 12.3 Å². The fourth-order valence-corrected chi connectivity index (χ4v) is 8.96. The molecule has 6 unspecified atom stereocenters. The third-order valence-corrected chi connectivity index (χ3v) is 11.5. The number of hydrogen-bond acceptors (Lipinski definition) is 7. The van der Waals surface area contributed by atoms with Crippen LogP contribution >= 0.6 is 11.9 Å². The van der Waals surface area contributed by atoms with E-state index in [2.05, 4.69) is 33.9 Å². The molecule has 4 heterocycles. The predicted octanol–water partition coefficient (Wildman–Crippen LogP) is 6.28. The number of fused-ring (bicyclic) bond motifs is 6. The first-order chi connectivity index (χ1) is 19.6. The molecule has 0 amide bonds. The number of nitrogens with zero attached hydrogens (tertiary/aromatic N) is 3. The summed E-state index contributed by atoms with van der Waals surface area (Å²) in [7, 11) is 0. The highest BCUT2D eigenvalue weighted by Crippen LogP contribution is 2.59. The first-order valence-corrected chi connectivity index (χ1v) is 16.8. The van der Waals surface area contributed by atoms with Gasteiger partial charge in [0.25, 0.3) is 0 Å². The smallest absolute Gasteiger partial charge is 0.394 e. The van der Waals surface area contributed by atoms with Gasteiger partial charge in [-0.1, -0.05) is 11.9 Å². The average Bonchev–Trinajstić information content (AvgIpc) is 3.48. The molecule has 7 nitrogen and oxygen atoms in total. The van der Waals surface area contributed by atoms with Crippen LogP contribution in [0.2, 0.25) is 0 Å². The van der Waals surface area contributed by atoms with E-state index >= 15 is 0 Å². The molecule has 0 spiro atoms. The standard InChI is InChI=1S/C30H48F3N5O2S/c1-28(2)18-21-5-4-15-39-23-6-3-7-24(17-23)41-34-19-22-8-9-25(35-27(22)37(28)20-21)38-14-10-26(36-38)40-16-13-29(11-12-29)30(31,32)33/h10,14,21-25,27,34-35H,3-9,11-13,15-20H2,1-2H3/t21-,22?,23?,24?,25?,27?/m0/s1. The Hall–Kier alpha value is -1.01. The molecule has 2 saturated carbocycles. The Balaban J connectivity index is 1.11. The summed E-state index contributed by atoms with van der Waals surface area (Å²) in [6.07, 6.45) is 9.24. The zero-order chi connectivity index (χ0) is 28.7. The molecule has 0 aromatic carbocycles. The number of alkyl halides is 3. The van der Waals surface area contributed by atoms with Crippen LogP contribution in [0.3, 0.4) is 0 Å². The molecule has 232 valence electrons. The van der Waals surface area contributed by atoms with Crippen LogP contribution in [0.25, 0.3) is 0 Å². The highest BCUT2D eigenvalue weighted by atomic mass is 32.2. The second-order valence-electron chi connectivity index (χ2n) is 13.9. The lowest BCUT2D eigenvalue weighted by molar-refractivity contribution is -0.190. The Morgan fingerprint density at radius 2 is 2.00 bits per heavy atom. The summed E-state index contributed by atoms with van der Waals surface area (Å²) in [5, 5.41) is 9.22. The van der Waals surface area contributed by atoms with Gasteiger partial charge in [-0.25, -0.2) is 0 Å². The molecule has 3 saturated heterocycles. The van der Waals surface area contributed by atoms with E-state index in [1.807, 2.05) is 22.8 Å². The molecular formula is C30H48F3N5O2S. The minimum Gasteiger partial charge on any atom is -0.477 e. The highest BCUT2D eigenvalue weighted by molar-refractivity contribution is 7.98. The maximum absolute atomic E-state index is 13.3. The molecule has 4 bridgehead atoms. The third-order valence-electron chi connectivity index (χ3n) is 10.4. The van der Waals surface area contributed by atoms with Gasteiger partial charge < -0.3 is 9.47 Å². The van der Waals surface area contributed by atoms with Crippen molar-refractivity contribution < 1.29 is 22.6 Å². The average molecular weight is 600 g/mol. The minimum atomic E-state index is -4.15. The molecule has 5 fully saturated rings. The van der Waals surface area contributed by atoms with Gasteiger partial charge in [0.2, 0.25) is 5.88 Å². The number of rotatable bonds is 5. The lowest BCUT2D eigenvalue weighted by Gasteiger charge is -2.47. The normalized spacial score (nSPS) is 37.4. The van der Waals surface area contributed by atoms with E-state index < -0.39 is 11.6 Å². The molecule has 1 aromatic rings. The second-order valence-corrected chi connectivity index (χ2v) is 15.1. The van der Waals surface area contributed by atoms with E-state index in [1.165, 1.54) is 32.1 Å². The number of hydrogen-bond donors (Lipinski definition) is 2. The number of ether oxygens (including phenoxy) is 2. The van der Waals surface area contributed by atoms with Crippen LogP contribution in [0.15, 0.2) is 12.3 Å². The minimum absolute atomic E-state index is 0.00134. The summed E-state index contributed by atoms with van der Waals surface area (Å²) in [5.74, 6) is 1.54. The molecule has 0 radical (unpaired) electrons. The van der Waals surface area contributed by atoms with Gasteiger partial charge in [-0.05, 0) is 96.8 Å². The largest absolute Gasteiger partial charge is 0.477 e. The van der Waals surface area contributed by atoms with Gasteiger partial charge in [-0.3, -0.25) is 19.6 Å². The molecule has 5 aliphatic rings. The van der Waals surface area contributed by atoms with Crippen LogP contribution in [0, 0.1) is 17.3 Å². The Morgan fingerprint density at radius 1 is 1.15 bits per heavy atom. The summed E-state index contributed by atoms with van der Waals surface area (Å²) >= 11 is 1.92. The summed E-state index contributed by atoms with van der Waals surface area (Å²) in [6, 6.07) is 1.78. The molecule has 41 heavy (non-hydrogen) atoms. The summed E-state index contributed by atoms with van der Waals surface area (Å²) in [4.78, 5) is 2.70. The van der Waals surface area contributed by atoms with E-state index in [4.69, 9.17) is 9.47 Å². The maximum atomic E-state index is 13.3. The summed E-state index contributed by atoms with van der Waals surface area (Å²) in [6.45, 7) is 7.73. The van der Waals surface area contributed by atoms with Crippen LogP contribution < -0.4 is 14.8 Å². The Morgan fingerprint density at radius 3 is 2.80 bits per heavy atom. The first-order valence-electron chi connectivity index (χ1n) is 15.9. The van der Waals surface area contributed by atoms with E-state index in [-0.39, 0.29) is 43.7 Å². The first kappa shape index (κ1) is 30.0. The van der Waals surface area contributed by atoms with Crippen molar-refractivity contribution in [2.75, 3.05) is 26.3 Å². The van der Waals surface area contributed by atoms with Crippen molar-refractivity contribution in [3.8, 4) is 5.88 Å². The predicted molar refractivity (Wildman–Crippen MR) is 154 cm³/mol. The second kappa shape index (κ2) is 12.2. The molecule has 7 atom stereocenters. The monoisotopic (exact) mass is 599 g/mol. The van der Waals surface area contributed by atoms with Gasteiger partial charge in [0.15, 0.2) is 0 Å². The lowest BCUT2D eigenvalue weighted by Crippen LogP contribution is -2.60. The SMILES string of the molecule is CC1(C)C[C@@H]2CCCOC3CCCC(C3)SNCC3CCC(n4ccc(OCCC5(C(F)(F)F)CC5)n4)NC3N1C2. The van der Waals surface area contributed by atoms with Crippen molar-refractivity contribution in [1.29, 1.82) is 0 Å². The van der Waals surface area contributed by atoms with Gasteiger partial charge in [0.1, 0.15) is 6.17 Å². The molecule has 11 heteroatoms. The van der Waals surface area contributed by atoms with Gasteiger partial charge in [-0.2, -0.15) is 13.2 Å². The van der Waals surface area contributed by atoms with E-state index in [0.29, 0.717) is 29.1 Å². The van der Waals surface area contributed by atoms with Crippen molar-refractivity contribution in [2.24, 2.45) is 17.3 Å². The van der Waals surface area contributed by atoms with Crippen LogP contribution in [0.4, 0.5) is 13.2 Å². The quantitative estimate of drug-likeness (QED) is 0.387. The number of piperidine rings is 1. The topological polar surface area (TPSA) is 63.6 Å². The zero-order valence-corrected chi connectivity index (χ0v) is 25.4. The summed E-state index contributed by atoms with van der Waals surface area (Å²) in [5.41, 5.74) is -1.45. The fraction of sp³-hybridized carbons (Fsp3) is 0.900. The Kier molecular flexibility index (Phi) is 8.92. The lowest BCUT2D eigenvalue weighted by atomic mass is 9.90. The van der Waals surface area contributed by atoms with Crippen LogP contribution in [0.5, 0.6) is 5.88 Å². The maximum Gasteiger partial charge on any atom is 0.394 e. The molecule has 2 N–H and O–H groups in total. The van der Waals surface area contributed by atoms with E-state index in [9.17, 15) is 13.2 Å². The third kappa shape index (κ3) is 6.89. The van der Waals surface area contributed by atoms with E-state index in [1.54, 1.807) is 6.07 Å². The van der Waals surface area contributed by atoms with Gasteiger partial charge in [0, 0.05) is 48.7 Å². The Labute approximate surface area is 247 Å². The van der Waals surface area contributed by atoms with Crippen LogP contribution in [0.1, 0.15) is 97.1 Å². The van der Waals surface area contributed by atoms with Crippen molar-refractivity contribution in [1.82, 2.24) is 24.7 Å². The summed E-state index contributed by atoms with van der Waals surface area (Å²) < 4.78 is 57.6. The molecule has 6 rings (SSSR count).